The molecule has 0 bridgehead atoms. The van der Waals surface area contributed by atoms with Crippen LogP contribution < -0.4 is 9.47 Å². The fourth-order valence-corrected chi connectivity index (χ4v) is 3.70. The topological polar surface area (TPSA) is 52.8 Å². The SMILES string of the molecule is COc1cc(OC)c(C(=O)/C=C/c2c(C)nc3sc(C)cn23)cc1Cl. The fourth-order valence-electron chi connectivity index (χ4n) is 2.58. The van der Waals surface area contributed by atoms with Crippen molar-refractivity contribution in [2.75, 3.05) is 14.2 Å². The number of aromatic nitrogens is 2. The number of imidazole rings is 1. The molecule has 1 aromatic carbocycles. The molecule has 5 nitrogen and oxygen atoms in total. The second-order valence-corrected chi connectivity index (χ2v) is 7.08. The Hall–Kier alpha value is -2.31. The van der Waals surface area contributed by atoms with E-state index in [1.165, 1.54) is 20.3 Å². The molecule has 0 aliphatic heterocycles. The van der Waals surface area contributed by atoms with Gasteiger partial charge < -0.3 is 9.47 Å². The Morgan fingerprint density at radius 3 is 2.64 bits per heavy atom. The molecule has 0 saturated carbocycles. The first kappa shape index (κ1) is 17.5. The van der Waals surface area contributed by atoms with Gasteiger partial charge in [-0.2, -0.15) is 0 Å². The molecular weight excluding hydrogens is 360 g/mol. The highest BCUT2D eigenvalue weighted by atomic mass is 35.5. The number of aryl methyl sites for hydroxylation is 2. The predicted octanol–water partition coefficient (Wildman–Crippen LogP) is 4.58. The second kappa shape index (κ2) is 6.90. The highest BCUT2D eigenvalue weighted by Crippen LogP contribution is 2.33. The molecule has 3 rings (SSSR count). The zero-order chi connectivity index (χ0) is 18.1. The molecule has 0 N–H and O–H groups in total. The molecule has 2 aromatic heterocycles. The Balaban J connectivity index is 1.97. The first-order valence-corrected chi connectivity index (χ1v) is 8.73. The summed E-state index contributed by atoms with van der Waals surface area (Å²) in [5.41, 5.74) is 2.13. The van der Waals surface area contributed by atoms with E-state index in [1.54, 1.807) is 29.5 Å². The zero-order valence-electron chi connectivity index (χ0n) is 14.3. The van der Waals surface area contributed by atoms with Crippen LogP contribution in [0.25, 0.3) is 11.0 Å². The van der Waals surface area contributed by atoms with Gasteiger partial charge in [0.25, 0.3) is 0 Å². The number of rotatable bonds is 5. The molecular formula is C18H17ClN2O3S. The van der Waals surface area contributed by atoms with Crippen molar-refractivity contribution in [3.63, 3.8) is 0 Å². The number of thiazole rings is 1. The molecule has 0 unspecified atom stereocenters. The summed E-state index contributed by atoms with van der Waals surface area (Å²) in [6, 6.07) is 3.16. The Kier molecular flexibility index (Phi) is 4.83. The summed E-state index contributed by atoms with van der Waals surface area (Å²) < 4.78 is 12.4. The fraction of sp³-hybridized carbons (Fsp3) is 0.222. The van der Waals surface area contributed by atoms with Crippen LogP contribution in [-0.4, -0.2) is 29.4 Å². The molecule has 130 valence electrons. The Bertz CT molecular complexity index is 988. The molecule has 0 radical (unpaired) electrons. The predicted molar refractivity (Wildman–Crippen MR) is 100 cm³/mol. The van der Waals surface area contributed by atoms with Crippen LogP contribution in [0.15, 0.2) is 24.4 Å². The smallest absolute Gasteiger partial charge is 0.194 e. The lowest BCUT2D eigenvalue weighted by Crippen LogP contribution is -2.00. The van der Waals surface area contributed by atoms with Crippen molar-refractivity contribution in [1.82, 2.24) is 9.38 Å². The minimum atomic E-state index is -0.206. The molecule has 0 amide bonds. The van der Waals surface area contributed by atoms with E-state index in [1.807, 2.05) is 24.4 Å². The summed E-state index contributed by atoms with van der Waals surface area (Å²) in [5.74, 6) is 0.668. The Labute approximate surface area is 154 Å². The van der Waals surface area contributed by atoms with E-state index in [9.17, 15) is 4.79 Å². The first-order valence-electron chi connectivity index (χ1n) is 7.53. The number of fused-ring (bicyclic) bond motifs is 1. The number of hydrogen-bond donors (Lipinski definition) is 0. The molecule has 0 saturated heterocycles. The maximum atomic E-state index is 12.6. The van der Waals surface area contributed by atoms with E-state index < -0.39 is 0 Å². The maximum absolute atomic E-state index is 12.6. The summed E-state index contributed by atoms with van der Waals surface area (Å²) in [4.78, 5) is 19.2. The molecule has 0 atom stereocenters. The van der Waals surface area contributed by atoms with Gasteiger partial charge in [-0.15, -0.1) is 11.3 Å². The van der Waals surface area contributed by atoms with Crippen LogP contribution in [0.5, 0.6) is 11.5 Å². The van der Waals surface area contributed by atoms with Crippen LogP contribution in [0, 0.1) is 13.8 Å². The van der Waals surface area contributed by atoms with Crippen molar-refractivity contribution in [3.05, 3.63) is 51.3 Å². The van der Waals surface area contributed by atoms with Gasteiger partial charge in [0.15, 0.2) is 10.7 Å². The number of carbonyl (C=O) groups is 1. The molecule has 0 fully saturated rings. The molecule has 25 heavy (non-hydrogen) atoms. The normalized spacial score (nSPS) is 11.4. The van der Waals surface area contributed by atoms with Gasteiger partial charge in [-0.25, -0.2) is 4.98 Å². The number of ketones is 1. The number of hydrogen-bond acceptors (Lipinski definition) is 5. The standard InChI is InChI=1S/C18H17ClN2O3S/c1-10-9-21-14(11(2)20-18(21)25-10)5-6-15(22)12-7-13(19)17(24-4)8-16(12)23-3/h5-9H,1-4H3/b6-5+. The second-order valence-electron chi connectivity index (χ2n) is 5.46. The molecule has 0 aliphatic carbocycles. The van der Waals surface area contributed by atoms with E-state index in [4.69, 9.17) is 21.1 Å². The van der Waals surface area contributed by atoms with Gasteiger partial charge in [-0.1, -0.05) is 11.6 Å². The van der Waals surface area contributed by atoms with Gasteiger partial charge in [-0.3, -0.25) is 9.20 Å². The average molecular weight is 377 g/mol. The van der Waals surface area contributed by atoms with Gasteiger partial charge in [0.05, 0.1) is 36.2 Å². The minimum absolute atomic E-state index is 0.206. The Morgan fingerprint density at radius 1 is 1.24 bits per heavy atom. The van der Waals surface area contributed by atoms with E-state index in [0.29, 0.717) is 22.1 Å². The summed E-state index contributed by atoms with van der Waals surface area (Å²) in [5, 5.41) is 0.358. The van der Waals surface area contributed by atoms with Crippen LogP contribution in [0.4, 0.5) is 0 Å². The van der Waals surface area contributed by atoms with Gasteiger partial charge in [0, 0.05) is 17.1 Å². The third-order valence-corrected chi connectivity index (χ3v) is 4.99. The number of benzene rings is 1. The first-order chi connectivity index (χ1) is 11.9. The quantitative estimate of drug-likeness (QED) is 0.483. The van der Waals surface area contributed by atoms with E-state index in [2.05, 4.69) is 4.98 Å². The van der Waals surface area contributed by atoms with Crippen LogP contribution in [0.2, 0.25) is 5.02 Å². The van der Waals surface area contributed by atoms with Crippen molar-refractivity contribution in [1.29, 1.82) is 0 Å². The summed E-state index contributed by atoms with van der Waals surface area (Å²) in [7, 11) is 3.01. The van der Waals surface area contributed by atoms with Gasteiger partial charge in [-0.05, 0) is 32.1 Å². The monoisotopic (exact) mass is 376 g/mol. The number of ether oxygens (including phenoxy) is 2. The Morgan fingerprint density at radius 2 is 1.96 bits per heavy atom. The average Bonchev–Trinajstić information content (AvgIpc) is 3.07. The number of halogens is 1. The minimum Gasteiger partial charge on any atom is -0.496 e. The van der Waals surface area contributed by atoms with Crippen LogP contribution >= 0.6 is 22.9 Å². The zero-order valence-corrected chi connectivity index (χ0v) is 15.9. The summed E-state index contributed by atoms with van der Waals surface area (Å²) in [6.07, 6.45) is 5.28. The number of methoxy groups -OCH3 is 2. The van der Waals surface area contributed by atoms with Crippen molar-refractivity contribution in [2.45, 2.75) is 13.8 Å². The number of allylic oxidation sites excluding steroid dienone is 1. The summed E-state index contributed by atoms with van der Waals surface area (Å²) >= 11 is 7.75. The third-order valence-electron chi connectivity index (χ3n) is 3.79. The van der Waals surface area contributed by atoms with Gasteiger partial charge in [0.1, 0.15) is 11.5 Å². The van der Waals surface area contributed by atoms with Crippen LogP contribution in [0.1, 0.15) is 26.6 Å². The van der Waals surface area contributed by atoms with Crippen molar-refractivity contribution in [3.8, 4) is 11.5 Å². The van der Waals surface area contributed by atoms with Crippen LogP contribution in [-0.2, 0) is 0 Å². The molecule has 0 spiro atoms. The lowest BCUT2D eigenvalue weighted by Gasteiger charge is -2.10. The van der Waals surface area contributed by atoms with Gasteiger partial charge >= 0.3 is 0 Å². The lowest BCUT2D eigenvalue weighted by atomic mass is 10.1. The largest absolute Gasteiger partial charge is 0.496 e. The number of carbonyl (C=O) groups excluding carboxylic acids is 1. The van der Waals surface area contributed by atoms with Crippen molar-refractivity contribution >= 4 is 39.8 Å². The van der Waals surface area contributed by atoms with E-state index >= 15 is 0 Å². The lowest BCUT2D eigenvalue weighted by molar-refractivity contribution is 0.104. The van der Waals surface area contributed by atoms with Crippen molar-refractivity contribution in [2.24, 2.45) is 0 Å². The maximum Gasteiger partial charge on any atom is 0.194 e. The molecule has 3 aromatic rings. The highest BCUT2D eigenvalue weighted by molar-refractivity contribution is 7.17. The molecule has 0 aliphatic rings. The highest BCUT2D eigenvalue weighted by Gasteiger charge is 2.15. The van der Waals surface area contributed by atoms with E-state index in [0.717, 1.165) is 21.2 Å². The number of nitrogens with zero attached hydrogens (tertiary/aromatic N) is 2. The summed E-state index contributed by atoms with van der Waals surface area (Å²) in [6.45, 7) is 3.95. The van der Waals surface area contributed by atoms with Gasteiger partial charge in [0.2, 0.25) is 0 Å². The molecule has 7 heteroatoms. The third kappa shape index (κ3) is 3.27. The van der Waals surface area contributed by atoms with E-state index in [-0.39, 0.29) is 5.78 Å². The van der Waals surface area contributed by atoms with Crippen LogP contribution in [0.3, 0.4) is 0 Å². The van der Waals surface area contributed by atoms with Crippen molar-refractivity contribution < 1.29 is 14.3 Å². The molecule has 2 heterocycles.